The molecule has 2 aliphatic heterocycles. The third kappa shape index (κ3) is 4.91. The number of amides is 3. The Hall–Kier alpha value is -3.94. The third-order valence-electron chi connectivity index (χ3n) is 8.59. The highest BCUT2D eigenvalue weighted by Gasteiger charge is 2.50. The van der Waals surface area contributed by atoms with Crippen LogP contribution in [0.4, 0.5) is 0 Å². The second kappa shape index (κ2) is 10.2. The molecule has 2 fully saturated rings. The van der Waals surface area contributed by atoms with E-state index in [9.17, 15) is 14.4 Å². The van der Waals surface area contributed by atoms with Crippen molar-refractivity contribution in [1.82, 2.24) is 25.1 Å². The van der Waals surface area contributed by atoms with Crippen LogP contribution in [0.25, 0.3) is 16.5 Å². The van der Waals surface area contributed by atoms with Gasteiger partial charge < -0.3 is 20.1 Å². The van der Waals surface area contributed by atoms with E-state index in [0.717, 1.165) is 35.7 Å². The number of para-hydroxylation sites is 1. The predicted molar refractivity (Wildman–Crippen MR) is 155 cm³/mol. The van der Waals surface area contributed by atoms with Crippen LogP contribution < -0.4 is 5.32 Å². The van der Waals surface area contributed by atoms with Gasteiger partial charge in [-0.1, -0.05) is 51.1 Å². The fourth-order valence-corrected chi connectivity index (χ4v) is 6.36. The normalized spacial score (nSPS) is 21.4. The van der Waals surface area contributed by atoms with Gasteiger partial charge in [0.25, 0.3) is 11.8 Å². The second-order valence-corrected chi connectivity index (χ2v) is 12.4. The van der Waals surface area contributed by atoms with Gasteiger partial charge in [0.2, 0.25) is 5.91 Å². The molecular formula is C32H37N5O3. The average Bonchev–Trinajstić information content (AvgIpc) is 3.69. The van der Waals surface area contributed by atoms with Gasteiger partial charge in [0.15, 0.2) is 0 Å². The van der Waals surface area contributed by atoms with Crippen molar-refractivity contribution in [3.8, 4) is 0 Å². The number of hydrogen-bond donors (Lipinski definition) is 2. The lowest BCUT2D eigenvalue weighted by atomic mass is 9.85. The highest BCUT2D eigenvalue weighted by atomic mass is 16.2. The summed E-state index contributed by atoms with van der Waals surface area (Å²) >= 11 is 0. The van der Waals surface area contributed by atoms with Crippen molar-refractivity contribution in [2.75, 3.05) is 13.1 Å². The number of piperazine rings is 1. The topological polar surface area (TPSA) is 98.4 Å². The van der Waals surface area contributed by atoms with E-state index >= 15 is 0 Å². The first-order valence-electron chi connectivity index (χ1n) is 14.3. The van der Waals surface area contributed by atoms with Gasteiger partial charge in [-0.3, -0.25) is 19.4 Å². The van der Waals surface area contributed by atoms with Gasteiger partial charge in [-0.25, -0.2) is 0 Å². The number of aromatic amines is 1. The molecule has 0 unspecified atom stereocenters. The van der Waals surface area contributed by atoms with Crippen molar-refractivity contribution in [2.45, 2.75) is 71.0 Å². The molecule has 6 rings (SSSR count). The van der Waals surface area contributed by atoms with E-state index in [-0.39, 0.29) is 29.8 Å². The first-order chi connectivity index (χ1) is 19.2. The van der Waals surface area contributed by atoms with E-state index in [1.54, 1.807) is 0 Å². The molecule has 2 saturated heterocycles. The lowest BCUT2D eigenvalue weighted by molar-refractivity contribution is -0.138. The van der Waals surface area contributed by atoms with Crippen molar-refractivity contribution in [3.63, 3.8) is 0 Å². The second-order valence-electron chi connectivity index (χ2n) is 12.4. The van der Waals surface area contributed by atoms with Crippen LogP contribution in [0.3, 0.4) is 0 Å². The maximum absolute atomic E-state index is 13.8. The number of carbonyl (C=O) groups excluding carboxylic acids is 3. The zero-order valence-electron chi connectivity index (χ0n) is 23.4. The van der Waals surface area contributed by atoms with E-state index in [2.05, 4.69) is 21.4 Å². The number of H-pyrrole nitrogens is 1. The molecule has 2 N–H and O–H groups in total. The summed E-state index contributed by atoms with van der Waals surface area (Å²) in [6.45, 7) is 6.84. The van der Waals surface area contributed by atoms with Crippen LogP contribution in [0.2, 0.25) is 0 Å². The first-order valence-corrected chi connectivity index (χ1v) is 14.3. The molecule has 8 nitrogen and oxygen atoms in total. The highest BCUT2D eigenvalue weighted by Crippen LogP contribution is 2.34. The quantitative estimate of drug-likeness (QED) is 0.487. The zero-order valence-corrected chi connectivity index (χ0v) is 23.4. The number of nitrogens with zero attached hydrogens (tertiary/aromatic N) is 3. The number of allylic oxidation sites excluding steroid dienone is 2. The number of benzene rings is 1. The summed E-state index contributed by atoms with van der Waals surface area (Å²) in [6, 6.07) is 12.5. The first kappa shape index (κ1) is 26.3. The Kier molecular flexibility index (Phi) is 6.72. The summed E-state index contributed by atoms with van der Waals surface area (Å²) in [5.41, 5.74) is 3.68. The number of nitrogens with one attached hydrogen (secondary N) is 2. The van der Waals surface area contributed by atoms with Crippen molar-refractivity contribution < 1.29 is 14.4 Å². The molecule has 208 valence electrons. The zero-order chi connectivity index (χ0) is 28.0. The number of pyridine rings is 1. The molecule has 1 aromatic carbocycles. The third-order valence-corrected chi connectivity index (χ3v) is 8.59. The monoisotopic (exact) mass is 539 g/mol. The summed E-state index contributed by atoms with van der Waals surface area (Å²) < 4.78 is 0. The maximum atomic E-state index is 13.8. The lowest BCUT2D eigenvalue weighted by Gasteiger charge is -2.39. The fourth-order valence-electron chi connectivity index (χ4n) is 6.36. The van der Waals surface area contributed by atoms with E-state index in [1.807, 2.05) is 79.2 Å². The molecule has 40 heavy (non-hydrogen) atoms. The number of fused-ring (bicyclic) bond motifs is 3. The Morgan fingerprint density at radius 3 is 2.45 bits per heavy atom. The number of aromatic nitrogens is 2. The molecule has 1 aliphatic carbocycles. The largest absolute Gasteiger partial charge is 0.351 e. The minimum atomic E-state index is -0.696. The Bertz CT molecular complexity index is 1450. The Balaban J connectivity index is 1.12. The number of likely N-dealkylation sites (tertiary alicyclic amines) is 2. The van der Waals surface area contributed by atoms with Gasteiger partial charge in [0, 0.05) is 30.2 Å². The summed E-state index contributed by atoms with van der Waals surface area (Å²) in [4.78, 5) is 51.8. The molecule has 3 atom stereocenters. The molecule has 0 radical (unpaired) electrons. The Labute approximate surface area is 234 Å². The summed E-state index contributed by atoms with van der Waals surface area (Å²) in [5, 5.41) is 3.95. The Morgan fingerprint density at radius 1 is 1.02 bits per heavy atom. The smallest absolute Gasteiger partial charge is 0.272 e. The van der Waals surface area contributed by atoms with Crippen LogP contribution in [0, 0.1) is 5.41 Å². The highest BCUT2D eigenvalue weighted by molar-refractivity contribution is 6.00. The van der Waals surface area contributed by atoms with Crippen LogP contribution in [0.15, 0.2) is 54.7 Å². The fraction of sp³-hybridized carbons (Fsp3) is 0.438. The molecule has 0 spiro atoms. The van der Waals surface area contributed by atoms with Crippen LogP contribution in [0.5, 0.6) is 0 Å². The van der Waals surface area contributed by atoms with Crippen molar-refractivity contribution in [3.05, 3.63) is 71.7 Å². The van der Waals surface area contributed by atoms with Crippen LogP contribution in [0.1, 0.15) is 79.4 Å². The summed E-state index contributed by atoms with van der Waals surface area (Å²) in [6.07, 6.45) is 9.43. The van der Waals surface area contributed by atoms with Gasteiger partial charge in [0.05, 0.1) is 12.1 Å². The van der Waals surface area contributed by atoms with Gasteiger partial charge >= 0.3 is 0 Å². The maximum Gasteiger partial charge on any atom is 0.272 e. The van der Waals surface area contributed by atoms with Crippen molar-refractivity contribution >= 4 is 34.2 Å². The molecule has 8 heteroatoms. The molecular weight excluding hydrogens is 502 g/mol. The molecule has 0 saturated carbocycles. The standard InChI is InChI=1S/C32H37N5O3/c1-32(2,3)28(35-29(38)27-15-21-11-7-8-12-25(21)34-27)31(40)37-19-23-16-24(37)18-36(23)30(39)26-14-13-22(17-33-26)20-9-5-4-6-10-20/h7-9,11-15,17,23-24,28,34H,4-6,10,16,18-19H2,1-3H3,(H,35,38)/t23-,24-,28+/m0/s1. The van der Waals surface area contributed by atoms with E-state index < -0.39 is 11.5 Å². The lowest BCUT2D eigenvalue weighted by Crippen LogP contribution is -2.59. The molecule has 3 aliphatic rings. The van der Waals surface area contributed by atoms with Gasteiger partial charge in [-0.05, 0) is 66.9 Å². The minimum absolute atomic E-state index is 0.0472. The average molecular weight is 540 g/mol. The predicted octanol–water partition coefficient (Wildman–Crippen LogP) is 4.79. The summed E-state index contributed by atoms with van der Waals surface area (Å²) in [7, 11) is 0. The molecule has 3 aromatic rings. The SMILES string of the molecule is CC(C)(C)[C@H](NC(=O)c1cc2ccccc2[nH]1)C(=O)N1C[C@@H]2C[C@H]1CN2C(=O)c1ccc(C2=CCCCC2)cn1. The molecule has 3 amide bonds. The van der Waals surface area contributed by atoms with Crippen LogP contribution in [-0.4, -0.2) is 68.7 Å². The van der Waals surface area contributed by atoms with Crippen molar-refractivity contribution in [1.29, 1.82) is 0 Å². The van der Waals surface area contributed by atoms with Crippen LogP contribution in [-0.2, 0) is 4.79 Å². The number of carbonyl (C=O) groups is 3. The van der Waals surface area contributed by atoms with Crippen LogP contribution >= 0.6 is 0 Å². The summed E-state index contributed by atoms with van der Waals surface area (Å²) in [5.74, 6) is -0.479. The number of rotatable bonds is 5. The van der Waals surface area contributed by atoms with Crippen molar-refractivity contribution in [2.24, 2.45) is 5.41 Å². The number of hydrogen-bond acceptors (Lipinski definition) is 4. The van der Waals surface area contributed by atoms with E-state index in [0.29, 0.717) is 24.5 Å². The van der Waals surface area contributed by atoms with Gasteiger partial charge in [-0.2, -0.15) is 0 Å². The molecule has 2 bridgehead atoms. The van der Waals surface area contributed by atoms with E-state index in [1.165, 1.54) is 18.4 Å². The van der Waals surface area contributed by atoms with Gasteiger partial charge in [-0.15, -0.1) is 0 Å². The molecule has 2 aromatic heterocycles. The molecule has 4 heterocycles. The minimum Gasteiger partial charge on any atom is -0.351 e. The van der Waals surface area contributed by atoms with Gasteiger partial charge in [0.1, 0.15) is 17.4 Å². The van der Waals surface area contributed by atoms with E-state index in [4.69, 9.17) is 0 Å². The Morgan fingerprint density at radius 2 is 1.80 bits per heavy atom.